The fourth-order valence-corrected chi connectivity index (χ4v) is 5.24. The van der Waals surface area contributed by atoms with Crippen LogP contribution in [0.15, 0.2) is 36.4 Å². The number of carbonyl (C=O) groups is 3. The van der Waals surface area contributed by atoms with Gasteiger partial charge in [0.15, 0.2) is 0 Å². The van der Waals surface area contributed by atoms with E-state index in [2.05, 4.69) is 16.0 Å². The molecule has 0 bridgehead atoms. The zero-order valence-electron chi connectivity index (χ0n) is 24.7. The Morgan fingerprint density at radius 1 is 0.978 bits per heavy atom. The zero-order valence-corrected chi connectivity index (χ0v) is 25.5. The van der Waals surface area contributed by atoms with E-state index in [1.807, 2.05) is 0 Å². The number of anilines is 1. The highest BCUT2D eigenvalue weighted by molar-refractivity contribution is 6.34. The quantitative estimate of drug-likeness (QED) is 0.252. The molecule has 246 valence electrons. The Kier molecular flexibility index (Phi) is 11.0. The lowest BCUT2D eigenvalue weighted by atomic mass is 9.86. The second kappa shape index (κ2) is 14.3. The van der Waals surface area contributed by atoms with Gasteiger partial charge in [-0.05, 0) is 75.4 Å². The average Bonchev–Trinajstić information content (AvgIpc) is 3.50. The van der Waals surface area contributed by atoms with Crippen molar-refractivity contribution < 1.29 is 45.8 Å². The Morgan fingerprint density at radius 2 is 1.69 bits per heavy atom. The number of halogens is 6. The number of amides is 3. The molecule has 3 amide bonds. The van der Waals surface area contributed by atoms with Crippen LogP contribution in [0.3, 0.4) is 0 Å². The molecule has 1 saturated heterocycles. The van der Waals surface area contributed by atoms with E-state index in [0.29, 0.717) is 50.9 Å². The van der Waals surface area contributed by atoms with Gasteiger partial charge in [0.25, 0.3) is 11.8 Å². The van der Waals surface area contributed by atoms with E-state index in [-0.39, 0.29) is 46.3 Å². The first-order chi connectivity index (χ1) is 21.2. The Hall–Kier alpha value is -3.45. The van der Waals surface area contributed by atoms with Crippen molar-refractivity contribution in [2.24, 2.45) is 11.3 Å². The van der Waals surface area contributed by atoms with Crippen LogP contribution in [0.1, 0.15) is 72.2 Å². The molecule has 0 aromatic heterocycles. The normalized spacial score (nSPS) is 20.5. The Morgan fingerprint density at radius 3 is 2.31 bits per heavy atom. The third-order valence-corrected chi connectivity index (χ3v) is 8.46. The molecule has 2 aliphatic rings. The van der Waals surface area contributed by atoms with Gasteiger partial charge < -0.3 is 25.4 Å². The van der Waals surface area contributed by atoms with E-state index in [0.717, 1.165) is 13.8 Å². The van der Waals surface area contributed by atoms with Gasteiger partial charge in [0.2, 0.25) is 12.3 Å². The Labute approximate surface area is 262 Å². The smallest absolute Gasteiger partial charge is 0.402 e. The molecule has 4 rings (SSSR count). The monoisotopic (exact) mass is 659 g/mol. The van der Waals surface area contributed by atoms with Gasteiger partial charge in [-0.25, -0.2) is 8.78 Å². The van der Waals surface area contributed by atoms with Crippen LogP contribution in [-0.4, -0.2) is 55.7 Å². The fourth-order valence-electron chi connectivity index (χ4n) is 5.04. The summed E-state index contributed by atoms with van der Waals surface area (Å²) in [7, 11) is 0. The van der Waals surface area contributed by atoms with Gasteiger partial charge in [0, 0.05) is 30.6 Å². The zero-order chi connectivity index (χ0) is 32.9. The van der Waals surface area contributed by atoms with Crippen molar-refractivity contribution in [3.05, 3.63) is 58.1 Å². The molecule has 1 aliphatic carbocycles. The molecule has 1 saturated carbocycles. The van der Waals surface area contributed by atoms with E-state index in [9.17, 15) is 36.3 Å². The summed E-state index contributed by atoms with van der Waals surface area (Å²) in [5.41, 5.74) is -1.94. The van der Waals surface area contributed by atoms with Crippen LogP contribution in [0, 0.1) is 11.3 Å². The van der Waals surface area contributed by atoms with Crippen LogP contribution >= 0.6 is 11.6 Å². The van der Waals surface area contributed by atoms with Crippen LogP contribution in [-0.2, 0) is 16.1 Å². The minimum atomic E-state index is -4.75. The highest BCUT2D eigenvalue weighted by Crippen LogP contribution is 2.37. The largest absolute Gasteiger partial charge is 0.487 e. The molecule has 3 N–H and O–H groups in total. The summed E-state index contributed by atoms with van der Waals surface area (Å²) in [6.45, 7) is 2.12. The maximum atomic E-state index is 13.4. The van der Waals surface area contributed by atoms with Crippen molar-refractivity contribution >= 4 is 35.0 Å². The number of nitrogens with one attached hydrogen (secondary N) is 3. The molecule has 0 spiro atoms. The lowest BCUT2D eigenvalue weighted by Crippen LogP contribution is -2.46. The minimum absolute atomic E-state index is 0.0104. The number of ether oxygens (including phenoxy) is 2. The van der Waals surface area contributed by atoms with Crippen molar-refractivity contribution in [2.45, 2.75) is 77.2 Å². The standard InChI is InChI=1S/C31H35ClF5N3O5/c1-30(2,31(35,36)37)29(43)38-15-17-3-9-24(32)22(13-17)27(41)40-20-8-10-25(45-21-11-12-44-16-21)23(14-20)28(42)39-19-6-4-18(5-7-19)26(33)34/h3,8-10,13-14,18-19,21,26H,4-7,11-12,15-16H2,1-2H3,(H,38,43)(H,39,42)(H,40,41)/t18-,19-,21?. The van der Waals surface area contributed by atoms with Gasteiger partial charge >= 0.3 is 6.18 Å². The molecule has 1 heterocycles. The molecule has 8 nitrogen and oxygen atoms in total. The summed E-state index contributed by atoms with van der Waals surface area (Å²) in [6.07, 6.45) is -5.39. The van der Waals surface area contributed by atoms with Gasteiger partial charge in [0.05, 0.1) is 29.4 Å². The number of alkyl halides is 5. The summed E-state index contributed by atoms with van der Waals surface area (Å²) in [6, 6.07) is 8.40. The van der Waals surface area contributed by atoms with E-state index in [1.165, 1.54) is 36.4 Å². The number of hydrogen-bond acceptors (Lipinski definition) is 5. The first-order valence-electron chi connectivity index (χ1n) is 14.6. The van der Waals surface area contributed by atoms with E-state index < -0.39 is 41.7 Å². The highest BCUT2D eigenvalue weighted by Gasteiger charge is 2.52. The van der Waals surface area contributed by atoms with Gasteiger partial charge in [0.1, 0.15) is 17.3 Å². The second-order valence-corrected chi connectivity index (χ2v) is 12.2. The maximum absolute atomic E-state index is 13.4. The first kappa shape index (κ1) is 34.4. The molecule has 45 heavy (non-hydrogen) atoms. The molecule has 2 aromatic rings. The molecular formula is C31H35ClF5N3O5. The van der Waals surface area contributed by atoms with Gasteiger partial charge in [-0.3, -0.25) is 14.4 Å². The number of hydrogen-bond donors (Lipinski definition) is 3. The van der Waals surface area contributed by atoms with E-state index >= 15 is 0 Å². The summed E-state index contributed by atoms with van der Waals surface area (Å²) in [5.74, 6) is -2.81. The van der Waals surface area contributed by atoms with E-state index in [4.69, 9.17) is 21.1 Å². The van der Waals surface area contributed by atoms with Crippen LogP contribution in [0.25, 0.3) is 0 Å². The third kappa shape index (κ3) is 8.63. The molecule has 1 aliphatic heterocycles. The van der Waals surface area contributed by atoms with Crippen LogP contribution in [0.5, 0.6) is 5.75 Å². The minimum Gasteiger partial charge on any atom is -0.487 e. The SMILES string of the molecule is CC(C)(C(=O)NCc1ccc(Cl)c(C(=O)Nc2ccc(OC3CCOC3)c(C(=O)N[C@H]3CC[C@H](C(F)F)CC3)c2)c1)C(F)(F)F. The number of rotatable bonds is 10. The third-order valence-electron chi connectivity index (χ3n) is 8.13. The first-order valence-corrected chi connectivity index (χ1v) is 15.0. The van der Waals surface area contributed by atoms with Crippen LogP contribution in [0.2, 0.25) is 5.02 Å². The van der Waals surface area contributed by atoms with Gasteiger partial charge in [-0.1, -0.05) is 17.7 Å². The summed E-state index contributed by atoms with van der Waals surface area (Å²) >= 11 is 6.25. The predicted molar refractivity (Wildman–Crippen MR) is 157 cm³/mol. The molecule has 1 atom stereocenters. The molecule has 2 fully saturated rings. The number of carbonyl (C=O) groups excluding carboxylic acids is 3. The fraction of sp³-hybridized carbons (Fsp3) is 0.516. The van der Waals surface area contributed by atoms with Crippen molar-refractivity contribution in [2.75, 3.05) is 18.5 Å². The average molecular weight is 660 g/mol. The lowest BCUT2D eigenvalue weighted by Gasteiger charge is -2.29. The van der Waals surface area contributed by atoms with Crippen molar-refractivity contribution in [1.82, 2.24) is 10.6 Å². The second-order valence-electron chi connectivity index (χ2n) is 11.8. The van der Waals surface area contributed by atoms with Crippen LogP contribution < -0.4 is 20.7 Å². The van der Waals surface area contributed by atoms with Crippen molar-refractivity contribution in [3.8, 4) is 5.75 Å². The highest BCUT2D eigenvalue weighted by atomic mass is 35.5. The molecule has 14 heteroatoms. The summed E-state index contributed by atoms with van der Waals surface area (Å²) in [5, 5.41) is 7.86. The molecule has 2 aromatic carbocycles. The Bertz CT molecular complexity index is 1390. The van der Waals surface area contributed by atoms with Crippen molar-refractivity contribution in [3.63, 3.8) is 0 Å². The van der Waals surface area contributed by atoms with E-state index in [1.54, 1.807) is 0 Å². The molecular weight excluding hydrogens is 625 g/mol. The predicted octanol–water partition coefficient (Wildman–Crippen LogP) is 6.52. The Balaban J connectivity index is 1.48. The van der Waals surface area contributed by atoms with Crippen molar-refractivity contribution in [1.29, 1.82) is 0 Å². The topological polar surface area (TPSA) is 106 Å². The molecule has 1 unspecified atom stereocenters. The van der Waals surface area contributed by atoms with Gasteiger partial charge in [-0.2, -0.15) is 13.2 Å². The van der Waals surface area contributed by atoms with Crippen LogP contribution in [0.4, 0.5) is 27.6 Å². The van der Waals surface area contributed by atoms with Gasteiger partial charge in [-0.15, -0.1) is 0 Å². The summed E-state index contributed by atoms with van der Waals surface area (Å²) in [4.78, 5) is 38.8. The molecule has 0 radical (unpaired) electrons. The summed E-state index contributed by atoms with van der Waals surface area (Å²) < 4.78 is 77.2. The number of benzene rings is 2. The lowest BCUT2D eigenvalue weighted by molar-refractivity contribution is -0.211. The maximum Gasteiger partial charge on any atom is 0.402 e.